The minimum atomic E-state index is -0.657. The molecule has 107 heavy (non-hydrogen) atoms. The summed E-state index contributed by atoms with van der Waals surface area (Å²) in [5, 5.41) is 23.9. The highest BCUT2D eigenvalue weighted by Gasteiger charge is 2.33. The second kappa shape index (κ2) is 45.2. The van der Waals surface area contributed by atoms with Gasteiger partial charge in [0.05, 0.1) is 63.0 Å². The maximum Gasteiger partial charge on any atom is 0.225 e. The summed E-state index contributed by atoms with van der Waals surface area (Å²) in [5.74, 6) is 8.61. The molecule has 4 N–H and O–H groups in total. The number of nitrogens with one attached hydrogen (secondary N) is 1. The number of ether oxygens (including phenoxy) is 5. The third-order valence-corrected chi connectivity index (χ3v) is 20.6. The molecule has 5 aliphatic rings. The highest BCUT2D eigenvalue weighted by molar-refractivity contribution is 9.10. The standard InChI is InChI=1S/C26H30N8O2.C15H23NO2.C15H23NO.C14H21NO.C9H11BrO.C6H11NO.CH4/c1-2-15-35-20-7-5-18(6-8-20)19-9-11-32(12-10-19)13-14-33-24-21(17-28-33)25-29-23(22-4-3-16-36-22)31-34(25)26(27)30-24;1-3-12-18-14-6-4-13(5-7-14)15(17)8-10-16(2)11-9-15;1-3-12-17-15-6-4-13(5-7-15)14-8-10-16(2)11-9-14;1-2-11-16-14-5-3-12(4-6-14)13-7-9-15-10-8-13;1-2-7-11-9-5-3-8(10)4-6-9;1-7-4-2-6(8)3-5-7;/h3-8,16-17,19H,2,9-15H2,1H3,(H2,27,30);4-7,17H,3,8-12H2,1-2H3;4-7,14H,3,8-12H2,1-2H3;3-6,13,15H,2,7-11H2,1H3;3-6H,2,7H2,1H3;2-5H2,1H3;1H4. The van der Waals surface area contributed by atoms with E-state index in [0.717, 1.165) is 231 Å². The van der Waals surface area contributed by atoms with Crippen molar-refractivity contribution in [2.24, 2.45) is 0 Å². The van der Waals surface area contributed by atoms with Crippen LogP contribution in [-0.2, 0) is 16.9 Å². The fraction of sp³-hybridized carbons (Fsp3) is 0.523. The van der Waals surface area contributed by atoms with Crippen molar-refractivity contribution in [2.45, 2.75) is 168 Å². The van der Waals surface area contributed by atoms with E-state index in [1.165, 1.54) is 55.5 Å². The van der Waals surface area contributed by atoms with Gasteiger partial charge >= 0.3 is 0 Å². The summed E-state index contributed by atoms with van der Waals surface area (Å²) in [4.78, 5) is 29.1. The Morgan fingerprint density at radius 3 is 1.39 bits per heavy atom. The van der Waals surface area contributed by atoms with Crippen molar-refractivity contribution in [2.75, 3.05) is 132 Å². The van der Waals surface area contributed by atoms with E-state index in [0.29, 0.717) is 28.9 Å². The lowest BCUT2D eigenvalue weighted by Gasteiger charge is -2.37. The molecule has 9 heterocycles. The summed E-state index contributed by atoms with van der Waals surface area (Å²) in [6.45, 7) is 26.8. The van der Waals surface area contributed by atoms with Crippen LogP contribution in [0.3, 0.4) is 0 Å². The summed E-state index contributed by atoms with van der Waals surface area (Å²) < 4.78 is 37.8. The number of benzene rings is 5. The van der Waals surface area contributed by atoms with Crippen LogP contribution in [0, 0.1) is 0 Å². The van der Waals surface area contributed by atoms with Gasteiger partial charge < -0.3 is 63.9 Å². The van der Waals surface area contributed by atoms with Gasteiger partial charge in [-0.2, -0.15) is 14.6 Å². The van der Waals surface area contributed by atoms with Crippen LogP contribution in [0.2, 0.25) is 0 Å². The maximum atomic E-state index is 10.7. The number of anilines is 1. The predicted molar refractivity (Wildman–Crippen MR) is 437 cm³/mol. The second-order valence-corrected chi connectivity index (χ2v) is 29.5. The summed E-state index contributed by atoms with van der Waals surface area (Å²) in [6.07, 6.45) is 19.1. The van der Waals surface area contributed by atoms with Crippen LogP contribution in [-0.4, -0.2) is 186 Å². The first-order valence-corrected chi connectivity index (χ1v) is 39.9. The van der Waals surface area contributed by atoms with Crippen LogP contribution in [0.25, 0.3) is 28.3 Å². The quantitative estimate of drug-likeness (QED) is 0.0544. The number of nitrogens with zero attached hydrogens (tertiary/aromatic N) is 10. The number of aliphatic hydroxyl groups is 1. The number of nitrogen functional groups attached to an aromatic ring is 1. The van der Waals surface area contributed by atoms with Crippen LogP contribution in [0.15, 0.2) is 155 Å². The van der Waals surface area contributed by atoms with Gasteiger partial charge in [0.25, 0.3) is 0 Å². The van der Waals surface area contributed by atoms with Gasteiger partial charge in [-0.3, -0.25) is 4.79 Å². The first kappa shape index (κ1) is 84.7. The molecule has 5 aliphatic heterocycles. The number of fused-ring (bicyclic) bond motifs is 3. The van der Waals surface area contributed by atoms with Crippen LogP contribution < -0.4 is 34.7 Å². The molecule has 5 saturated heterocycles. The average molecular weight is 1530 g/mol. The highest BCUT2D eigenvalue weighted by Crippen LogP contribution is 2.35. The molecular weight excluding hydrogens is 1410 g/mol. The Kier molecular flexibility index (Phi) is 35.8. The van der Waals surface area contributed by atoms with Gasteiger partial charge in [-0.05, 0) is 269 Å². The molecule has 0 aliphatic carbocycles. The molecule has 0 unspecified atom stereocenters. The molecule has 0 amide bonds. The van der Waals surface area contributed by atoms with Gasteiger partial charge in [0.15, 0.2) is 17.1 Å². The SMILES string of the molecule is C.CCCOc1ccc(Br)cc1.CCCOc1ccc(C2(O)CCN(C)CC2)cc1.CCCOc1ccc(C2CCN(C)CC2)cc1.CCCOc1ccc(C2CCN(CCn3ncc4c3nc(N)n3nc(-c5ccco5)nc43)CC2)cc1.CCCOc1ccc(C2CCNCC2)cc1.CN1CCC(=O)CC1. The first-order chi connectivity index (χ1) is 51.6. The third-order valence-electron chi connectivity index (χ3n) is 20.1. The minimum absolute atomic E-state index is 0. The topological polar surface area (TPSA) is 208 Å². The number of nitrogens with two attached hydrogens (primary N) is 1. The number of carbonyl (C=O) groups is 1. The van der Waals surface area contributed by atoms with E-state index < -0.39 is 5.60 Å². The Bertz CT molecular complexity index is 3890. The lowest BCUT2D eigenvalue weighted by molar-refractivity contribution is -0.121. The van der Waals surface area contributed by atoms with Gasteiger partial charge in [0.1, 0.15) is 34.5 Å². The number of rotatable bonds is 23. The molecule has 9 aromatic rings. The Labute approximate surface area is 646 Å². The number of carbonyl (C=O) groups excluding carboxylic acids is 1. The molecule has 21 heteroatoms. The Hall–Kier alpha value is -7.89. The fourth-order valence-corrected chi connectivity index (χ4v) is 13.8. The molecule has 14 rings (SSSR count). The molecule has 582 valence electrons. The van der Waals surface area contributed by atoms with Gasteiger partial charge in [-0.25, -0.2) is 9.67 Å². The van der Waals surface area contributed by atoms with E-state index in [1.807, 2.05) is 66.3 Å². The van der Waals surface area contributed by atoms with Crippen LogP contribution in [0.1, 0.15) is 178 Å². The molecule has 5 aromatic carbocycles. The fourth-order valence-electron chi connectivity index (χ4n) is 13.5. The monoisotopic (exact) mass is 1530 g/mol. The maximum absolute atomic E-state index is 10.7. The van der Waals surface area contributed by atoms with Crippen LogP contribution in [0.5, 0.6) is 28.7 Å². The molecule has 0 atom stereocenters. The van der Waals surface area contributed by atoms with E-state index in [4.69, 9.17) is 33.8 Å². The Morgan fingerprint density at radius 1 is 0.533 bits per heavy atom. The van der Waals surface area contributed by atoms with E-state index in [2.05, 4.69) is 183 Å². The number of likely N-dealkylation sites (tertiary alicyclic amines) is 4. The molecule has 0 saturated carbocycles. The predicted octanol–water partition coefficient (Wildman–Crippen LogP) is 16.8. The van der Waals surface area contributed by atoms with Crippen molar-refractivity contribution in [3.8, 4) is 40.3 Å². The largest absolute Gasteiger partial charge is 0.494 e. The normalized spacial score (nSPS) is 16.7. The summed E-state index contributed by atoms with van der Waals surface area (Å²) in [5.41, 5.74) is 12.3. The lowest BCUT2D eigenvalue weighted by Crippen LogP contribution is -2.40. The lowest BCUT2D eigenvalue weighted by atomic mass is 9.84. The van der Waals surface area contributed by atoms with Crippen LogP contribution in [0.4, 0.5) is 5.95 Å². The number of ketones is 1. The number of piperidine rings is 5. The van der Waals surface area contributed by atoms with Crippen molar-refractivity contribution in [3.63, 3.8) is 0 Å². The number of halogens is 1. The zero-order valence-electron chi connectivity index (χ0n) is 64.4. The highest BCUT2D eigenvalue weighted by atomic mass is 79.9. The smallest absolute Gasteiger partial charge is 0.225 e. The van der Waals surface area contributed by atoms with Gasteiger partial charge in [0.2, 0.25) is 11.8 Å². The van der Waals surface area contributed by atoms with Crippen molar-refractivity contribution in [1.82, 2.24) is 54.3 Å². The van der Waals surface area contributed by atoms with Gasteiger partial charge in [-0.15, -0.1) is 5.10 Å². The summed E-state index contributed by atoms with van der Waals surface area (Å²) in [6, 6.07) is 45.4. The zero-order chi connectivity index (χ0) is 74.9. The first-order valence-electron chi connectivity index (χ1n) is 39.1. The molecule has 0 spiro atoms. The number of hydrogen-bond acceptors (Lipinski definition) is 18. The minimum Gasteiger partial charge on any atom is -0.494 e. The van der Waals surface area contributed by atoms with Gasteiger partial charge in [0, 0.05) is 50.0 Å². The summed E-state index contributed by atoms with van der Waals surface area (Å²) in [7, 11) is 6.35. The van der Waals surface area contributed by atoms with E-state index in [1.54, 1.807) is 23.0 Å². The molecular formula is C86H123BrN12O8. The average Bonchev–Trinajstić information content (AvgIpc) is 1.60. The second-order valence-electron chi connectivity index (χ2n) is 28.5. The Morgan fingerprint density at radius 2 is 0.953 bits per heavy atom. The van der Waals surface area contributed by atoms with Crippen molar-refractivity contribution in [1.29, 1.82) is 0 Å². The summed E-state index contributed by atoms with van der Waals surface area (Å²) >= 11 is 3.36. The Balaban J connectivity index is 0.000000174. The van der Waals surface area contributed by atoms with Crippen molar-refractivity contribution < 1.29 is 38.0 Å². The number of Topliss-reactive ketones (excluding diaryl/α,β-unsaturated/α-hetero) is 1. The van der Waals surface area contributed by atoms with E-state index in [9.17, 15) is 9.90 Å². The molecule has 20 nitrogen and oxygen atoms in total. The van der Waals surface area contributed by atoms with E-state index >= 15 is 0 Å². The molecule has 5 fully saturated rings. The van der Waals surface area contributed by atoms with Gasteiger partial charge in [-0.1, -0.05) is 107 Å². The molecule has 0 bridgehead atoms. The number of aromatic nitrogens is 6. The number of hydrogen-bond donors (Lipinski definition) is 3. The van der Waals surface area contributed by atoms with Crippen molar-refractivity contribution >= 4 is 44.3 Å². The van der Waals surface area contributed by atoms with E-state index in [-0.39, 0.29) is 13.4 Å². The molecule has 4 aromatic heterocycles. The third kappa shape index (κ3) is 27.0. The molecule has 0 radical (unpaired) electrons. The van der Waals surface area contributed by atoms with Crippen molar-refractivity contribution in [3.05, 3.63) is 173 Å². The van der Waals surface area contributed by atoms with Crippen LogP contribution >= 0.6 is 15.9 Å². The zero-order valence-corrected chi connectivity index (χ0v) is 66.0. The number of furan rings is 1.